The number of rotatable bonds is 4. The Balaban J connectivity index is 1.31. The summed E-state index contributed by atoms with van der Waals surface area (Å²) in [5, 5.41) is 3.51. The molecule has 4 aliphatic heterocycles. The average molecular weight is 563 g/mol. The molecule has 10 nitrogen and oxygen atoms in total. The number of carbonyl (C=O) groups is 4. The van der Waals surface area contributed by atoms with Gasteiger partial charge in [-0.15, -0.1) is 0 Å². The Kier molecular flexibility index (Phi) is 5.26. The van der Waals surface area contributed by atoms with Gasteiger partial charge in [0, 0.05) is 0 Å². The van der Waals surface area contributed by atoms with Gasteiger partial charge in [-0.3, -0.25) is 19.2 Å². The highest BCUT2D eigenvalue weighted by molar-refractivity contribution is 6.26. The molecule has 4 fully saturated rings. The SMILES string of the molecule is Cc1cccc(N2C(=O)[C@@H]3[C@@H](C2=O)N2[C@@H](c4ccco4)[C@H]4C(=O)N(c5cccc(C)c5)C(=O)[C@@H]4N2[C@@H]3c2ccco2)c1. The zero-order valence-corrected chi connectivity index (χ0v) is 22.8. The topological polar surface area (TPSA) is 108 Å². The van der Waals surface area contributed by atoms with Crippen LogP contribution in [0.25, 0.3) is 0 Å². The number of hydrazine groups is 1. The van der Waals surface area contributed by atoms with Gasteiger partial charge in [-0.25, -0.2) is 19.8 Å². The van der Waals surface area contributed by atoms with Crippen molar-refractivity contribution in [2.45, 2.75) is 38.0 Å². The van der Waals surface area contributed by atoms with Crippen LogP contribution in [0.4, 0.5) is 11.4 Å². The molecule has 42 heavy (non-hydrogen) atoms. The van der Waals surface area contributed by atoms with Crippen LogP contribution in [0, 0.1) is 25.7 Å². The lowest BCUT2D eigenvalue weighted by atomic mass is 9.87. The Bertz CT molecular complexity index is 1640. The molecule has 0 N–H and O–H groups in total. The van der Waals surface area contributed by atoms with Crippen molar-refractivity contribution in [2.75, 3.05) is 9.80 Å². The molecule has 0 spiro atoms. The normalized spacial score (nSPS) is 29.1. The van der Waals surface area contributed by atoms with E-state index in [0.717, 1.165) is 11.1 Å². The summed E-state index contributed by atoms with van der Waals surface area (Å²) in [6, 6.07) is 17.9. The van der Waals surface area contributed by atoms with E-state index < -0.39 is 47.8 Å². The van der Waals surface area contributed by atoms with Gasteiger partial charge >= 0.3 is 0 Å². The van der Waals surface area contributed by atoms with Gasteiger partial charge in [-0.05, 0) is 73.5 Å². The molecule has 0 bridgehead atoms. The lowest BCUT2D eigenvalue weighted by Crippen LogP contribution is -2.50. The standard InChI is InChI=1S/C32H26N4O6/c1-17-7-3-9-19(15-17)33-29(37)23-25(21-11-5-13-41-21)36-28-24(26(22-12-6-14-42-22)35(36)27(23)31(33)39)30(38)34(32(28)40)20-10-4-8-18(2)16-20/h3-16,23-28H,1-2H3/t23-,24+,25+,26-,27-,28+. The summed E-state index contributed by atoms with van der Waals surface area (Å²) in [7, 11) is 0. The Morgan fingerprint density at radius 1 is 0.524 bits per heavy atom. The minimum absolute atomic E-state index is 0.381. The van der Waals surface area contributed by atoms with E-state index in [2.05, 4.69) is 0 Å². The Morgan fingerprint density at radius 2 is 0.952 bits per heavy atom. The summed E-state index contributed by atoms with van der Waals surface area (Å²) in [6.45, 7) is 3.79. The van der Waals surface area contributed by atoms with Crippen LogP contribution < -0.4 is 9.80 Å². The minimum Gasteiger partial charge on any atom is -0.468 e. The first kappa shape index (κ1) is 25.0. The number of anilines is 2. The van der Waals surface area contributed by atoms with E-state index in [1.165, 1.54) is 22.3 Å². The first-order valence-corrected chi connectivity index (χ1v) is 13.9. The Morgan fingerprint density at radius 3 is 1.31 bits per heavy atom. The maximum Gasteiger partial charge on any atom is 0.253 e. The van der Waals surface area contributed by atoms with Gasteiger partial charge in [-0.1, -0.05) is 24.3 Å². The molecule has 4 amide bonds. The highest BCUT2D eigenvalue weighted by Gasteiger charge is 2.74. The molecule has 2 aromatic carbocycles. The fourth-order valence-electron chi connectivity index (χ4n) is 7.35. The number of hydrogen-bond donors (Lipinski definition) is 0. The van der Waals surface area contributed by atoms with Crippen LogP contribution in [0.2, 0.25) is 0 Å². The van der Waals surface area contributed by atoms with Crippen molar-refractivity contribution in [3.8, 4) is 0 Å². The molecule has 0 radical (unpaired) electrons. The highest BCUT2D eigenvalue weighted by Crippen LogP contribution is 2.59. The molecule has 0 aliphatic carbocycles. The number of benzene rings is 2. The molecular formula is C32H26N4O6. The largest absolute Gasteiger partial charge is 0.468 e. The summed E-state index contributed by atoms with van der Waals surface area (Å²) in [5.74, 6) is -2.47. The number of imide groups is 2. The number of nitrogens with zero attached hydrogens (tertiary/aromatic N) is 4. The molecule has 8 rings (SSSR count). The van der Waals surface area contributed by atoms with E-state index in [1.807, 2.05) is 26.0 Å². The third-order valence-electron chi connectivity index (χ3n) is 8.91. The fourth-order valence-corrected chi connectivity index (χ4v) is 7.35. The van der Waals surface area contributed by atoms with Crippen LogP contribution >= 0.6 is 0 Å². The first-order chi connectivity index (χ1) is 20.4. The summed E-state index contributed by atoms with van der Waals surface area (Å²) in [6.07, 6.45) is 3.01. The molecule has 0 saturated carbocycles. The number of aryl methyl sites for hydroxylation is 2. The van der Waals surface area contributed by atoms with Crippen LogP contribution in [0.5, 0.6) is 0 Å². The monoisotopic (exact) mass is 562 g/mol. The lowest BCUT2D eigenvalue weighted by Gasteiger charge is -2.34. The van der Waals surface area contributed by atoms with Crippen LogP contribution in [-0.4, -0.2) is 45.7 Å². The first-order valence-electron chi connectivity index (χ1n) is 13.9. The second-order valence-corrected chi connectivity index (χ2v) is 11.3. The van der Waals surface area contributed by atoms with Crippen molar-refractivity contribution >= 4 is 35.0 Å². The van der Waals surface area contributed by atoms with Crippen molar-refractivity contribution in [2.24, 2.45) is 11.8 Å². The smallest absolute Gasteiger partial charge is 0.253 e. The second kappa shape index (κ2) is 8.85. The third kappa shape index (κ3) is 3.21. The molecule has 210 valence electrons. The molecule has 6 heterocycles. The maximum absolute atomic E-state index is 14.3. The van der Waals surface area contributed by atoms with Crippen molar-refractivity contribution < 1.29 is 28.0 Å². The zero-order chi connectivity index (χ0) is 28.9. The van der Waals surface area contributed by atoms with Crippen LogP contribution in [0.1, 0.15) is 34.7 Å². The highest BCUT2D eigenvalue weighted by atomic mass is 16.3. The summed E-state index contributed by atoms with van der Waals surface area (Å²) < 4.78 is 11.7. The van der Waals surface area contributed by atoms with Gasteiger partial charge in [-0.2, -0.15) is 0 Å². The molecule has 10 heteroatoms. The van der Waals surface area contributed by atoms with E-state index >= 15 is 0 Å². The number of hydrogen-bond acceptors (Lipinski definition) is 8. The van der Waals surface area contributed by atoms with E-state index in [-0.39, 0.29) is 11.8 Å². The van der Waals surface area contributed by atoms with E-state index in [4.69, 9.17) is 8.83 Å². The molecule has 6 atom stereocenters. The van der Waals surface area contributed by atoms with Gasteiger partial charge < -0.3 is 8.83 Å². The van der Waals surface area contributed by atoms with Crippen molar-refractivity contribution in [3.05, 3.63) is 108 Å². The third-order valence-corrected chi connectivity index (χ3v) is 8.91. The zero-order valence-electron chi connectivity index (χ0n) is 22.8. The van der Waals surface area contributed by atoms with Gasteiger partial charge in [0.15, 0.2) is 0 Å². The van der Waals surface area contributed by atoms with Gasteiger partial charge in [0.2, 0.25) is 11.8 Å². The fraction of sp³-hybridized carbons (Fsp3) is 0.250. The van der Waals surface area contributed by atoms with Gasteiger partial charge in [0.1, 0.15) is 23.6 Å². The number of amides is 4. The molecule has 0 unspecified atom stereocenters. The van der Waals surface area contributed by atoms with E-state index in [9.17, 15) is 19.2 Å². The summed E-state index contributed by atoms with van der Waals surface area (Å²) in [4.78, 5) is 59.5. The van der Waals surface area contributed by atoms with Gasteiger partial charge in [0.05, 0.1) is 47.8 Å². The van der Waals surface area contributed by atoms with E-state index in [1.54, 1.807) is 70.7 Å². The van der Waals surface area contributed by atoms with Crippen molar-refractivity contribution in [1.82, 2.24) is 10.0 Å². The van der Waals surface area contributed by atoms with E-state index in [0.29, 0.717) is 22.9 Å². The quantitative estimate of drug-likeness (QED) is 0.345. The molecule has 2 aromatic heterocycles. The second-order valence-electron chi connectivity index (χ2n) is 11.3. The van der Waals surface area contributed by atoms with Gasteiger partial charge in [0.25, 0.3) is 11.8 Å². The Hall–Kier alpha value is -4.80. The van der Waals surface area contributed by atoms with Crippen molar-refractivity contribution in [1.29, 1.82) is 0 Å². The van der Waals surface area contributed by atoms with Crippen LogP contribution in [0.3, 0.4) is 0 Å². The lowest BCUT2D eigenvalue weighted by molar-refractivity contribution is -0.136. The Labute approximate surface area is 240 Å². The molecular weight excluding hydrogens is 536 g/mol. The minimum atomic E-state index is -0.971. The maximum atomic E-state index is 14.3. The van der Waals surface area contributed by atoms with Crippen LogP contribution in [-0.2, 0) is 19.2 Å². The number of fused-ring (bicyclic) bond motifs is 5. The number of carbonyl (C=O) groups excluding carboxylic acids is 4. The molecule has 4 aliphatic rings. The number of furan rings is 2. The van der Waals surface area contributed by atoms with Crippen molar-refractivity contribution in [3.63, 3.8) is 0 Å². The summed E-state index contributed by atoms with van der Waals surface area (Å²) in [5.41, 5.74) is 2.78. The summed E-state index contributed by atoms with van der Waals surface area (Å²) >= 11 is 0. The molecule has 4 saturated heterocycles. The predicted octanol–water partition coefficient (Wildman–Crippen LogP) is 3.93. The average Bonchev–Trinajstić information content (AvgIpc) is 3.79. The van der Waals surface area contributed by atoms with Crippen LogP contribution in [0.15, 0.2) is 94.2 Å². The predicted molar refractivity (Wildman–Crippen MR) is 148 cm³/mol. The molecule has 4 aromatic rings.